The fourth-order valence-corrected chi connectivity index (χ4v) is 3.03. The smallest absolute Gasteiger partial charge is 0.170 e. The van der Waals surface area contributed by atoms with Gasteiger partial charge in [0.2, 0.25) is 0 Å². The Hall–Kier alpha value is -1.35. The number of carbonyl (C=O) groups excluding carboxylic acids is 1. The quantitative estimate of drug-likeness (QED) is 0.842. The van der Waals surface area contributed by atoms with Gasteiger partial charge in [0.1, 0.15) is 11.4 Å². The predicted octanol–water partition coefficient (Wildman–Crippen LogP) is 2.90. The third-order valence-corrected chi connectivity index (χ3v) is 4.29. The lowest BCUT2D eigenvalue weighted by molar-refractivity contribution is 0.0187. The van der Waals surface area contributed by atoms with E-state index in [0.717, 1.165) is 37.2 Å². The van der Waals surface area contributed by atoms with Gasteiger partial charge in [0.25, 0.3) is 0 Å². The van der Waals surface area contributed by atoms with Crippen molar-refractivity contribution in [3.05, 3.63) is 29.3 Å². The Bertz CT molecular complexity index is 501. The highest BCUT2D eigenvalue weighted by Crippen LogP contribution is 2.39. The van der Waals surface area contributed by atoms with Crippen molar-refractivity contribution < 1.29 is 9.53 Å². The number of fused-ring (bicyclic) bond motifs is 1. The van der Waals surface area contributed by atoms with Crippen molar-refractivity contribution in [1.29, 1.82) is 0 Å². The molecule has 3 nitrogen and oxygen atoms in total. The van der Waals surface area contributed by atoms with Crippen LogP contribution in [0.5, 0.6) is 5.75 Å². The van der Waals surface area contributed by atoms with Gasteiger partial charge in [-0.05, 0) is 36.7 Å². The van der Waals surface area contributed by atoms with Crippen molar-refractivity contribution >= 4 is 5.78 Å². The van der Waals surface area contributed by atoms with Crippen molar-refractivity contribution in [3.8, 4) is 5.75 Å². The molecule has 3 heteroatoms. The molecule has 1 aromatic rings. The van der Waals surface area contributed by atoms with E-state index in [9.17, 15) is 4.79 Å². The summed E-state index contributed by atoms with van der Waals surface area (Å²) < 4.78 is 6.20. The lowest BCUT2D eigenvalue weighted by Crippen LogP contribution is -2.49. The second kappa shape index (κ2) is 4.64. The molecule has 1 N–H and O–H groups in total. The number of hydrogen-bond donors (Lipinski definition) is 1. The van der Waals surface area contributed by atoms with Crippen LogP contribution in [0.2, 0.25) is 0 Å². The second-order valence-corrected chi connectivity index (χ2v) is 6.05. The van der Waals surface area contributed by atoms with Crippen LogP contribution < -0.4 is 10.1 Å². The average molecular weight is 259 g/mol. The fourth-order valence-electron chi connectivity index (χ4n) is 3.03. The maximum atomic E-state index is 12.4. The number of ether oxygens (including phenoxy) is 1. The summed E-state index contributed by atoms with van der Waals surface area (Å²) in [6, 6.07) is 6.07. The van der Waals surface area contributed by atoms with Crippen LogP contribution in [0.1, 0.15) is 54.9 Å². The first-order chi connectivity index (χ1) is 9.10. The molecule has 0 radical (unpaired) electrons. The summed E-state index contributed by atoms with van der Waals surface area (Å²) in [5.41, 5.74) is 1.72. The summed E-state index contributed by atoms with van der Waals surface area (Å²) in [5, 5.41) is 3.33. The number of piperidine rings is 1. The van der Waals surface area contributed by atoms with E-state index in [4.69, 9.17) is 4.74 Å². The molecule has 1 spiro atoms. The van der Waals surface area contributed by atoms with E-state index in [1.807, 2.05) is 12.1 Å². The van der Waals surface area contributed by atoms with Crippen molar-refractivity contribution in [2.45, 2.75) is 44.6 Å². The Balaban J connectivity index is 1.94. The normalized spacial score (nSPS) is 21.3. The van der Waals surface area contributed by atoms with Crippen LogP contribution in [-0.2, 0) is 0 Å². The van der Waals surface area contributed by atoms with Crippen LogP contribution >= 0.6 is 0 Å². The van der Waals surface area contributed by atoms with Crippen molar-refractivity contribution in [3.63, 3.8) is 0 Å². The Kier molecular flexibility index (Phi) is 3.09. The second-order valence-electron chi connectivity index (χ2n) is 6.05. The molecule has 0 unspecified atom stereocenters. The molecule has 19 heavy (non-hydrogen) atoms. The largest absolute Gasteiger partial charge is 0.486 e. The lowest BCUT2D eigenvalue weighted by atomic mass is 9.82. The number of ketones is 1. The highest BCUT2D eigenvalue weighted by atomic mass is 16.5. The molecule has 1 aromatic carbocycles. The number of benzene rings is 1. The van der Waals surface area contributed by atoms with Gasteiger partial charge in [0.05, 0.1) is 12.0 Å². The molecule has 0 aliphatic carbocycles. The van der Waals surface area contributed by atoms with Crippen LogP contribution in [0.25, 0.3) is 0 Å². The van der Waals surface area contributed by atoms with Gasteiger partial charge in [-0.1, -0.05) is 19.9 Å². The number of Topliss-reactive ketones (excluding diaryl/α,β-unsaturated/α-hetero) is 1. The van der Waals surface area contributed by atoms with E-state index in [-0.39, 0.29) is 11.4 Å². The Morgan fingerprint density at radius 3 is 2.68 bits per heavy atom. The third kappa shape index (κ3) is 2.27. The Morgan fingerprint density at radius 2 is 2.00 bits per heavy atom. The lowest BCUT2D eigenvalue weighted by Gasteiger charge is -2.41. The van der Waals surface area contributed by atoms with Gasteiger partial charge in [-0.3, -0.25) is 4.79 Å². The Morgan fingerprint density at radius 1 is 1.26 bits per heavy atom. The number of hydrogen-bond acceptors (Lipinski definition) is 3. The number of nitrogens with one attached hydrogen (secondary N) is 1. The maximum absolute atomic E-state index is 12.4. The molecule has 0 amide bonds. The van der Waals surface area contributed by atoms with E-state index < -0.39 is 0 Å². The molecule has 1 saturated heterocycles. The van der Waals surface area contributed by atoms with Gasteiger partial charge in [-0.15, -0.1) is 0 Å². The van der Waals surface area contributed by atoms with Crippen LogP contribution in [0.15, 0.2) is 18.2 Å². The monoisotopic (exact) mass is 259 g/mol. The molecule has 3 rings (SSSR count). The maximum Gasteiger partial charge on any atom is 0.170 e. The molecule has 0 atom stereocenters. The minimum Gasteiger partial charge on any atom is -0.486 e. The van der Waals surface area contributed by atoms with Gasteiger partial charge in [-0.2, -0.15) is 0 Å². The first kappa shape index (κ1) is 12.7. The highest BCUT2D eigenvalue weighted by Gasteiger charge is 2.41. The first-order valence-electron chi connectivity index (χ1n) is 7.17. The number of rotatable bonds is 1. The zero-order valence-corrected chi connectivity index (χ0v) is 11.7. The van der Waals surface area contributed by atoms with Gasteiger partial charge >= 0.3 is 0 Å². The zero-order chi connectivity index (χ0) is 13.5. The minimum absolute atomic E-state index is 0.241. The topological polar surface area (TPSA) is 38.3 Å². The predicted molar refractivity (Wildman–Crippen MR) is 74.9 cm³/mol. The third-order valence-electron chi connectivity index (χ3n) is 4.29. The van der Waals surface area contributed by atoms with Crippen molar-refractivity contribution in [1.82, 2.24) is 5.32 Å². The van der Waals surface area contributed by atoms with E-state index in [2.05, 4.69) is 25.2 Å². The molecule has 102 valence electrons. The Labute approximate surface area is 114 Å². The van der Waals surface area contributed by atoms with Crippen LogP contribution in [0.4, 0.5) is 0 Å². The van der Waals surface area contributed by atoms with Gasteiger partial charge in [-0.25, -0.2) is 0 Å². The standard InChI is InChI=1S/C16H21NO2/c1-11(2)12-3-4-15-13(9-12)14(18)10-16(19-15)5-7-17-8-6-16/h3-4,9,11,17H,5-8,10H2,1-2H3. The molecule has 2 heterocycles. The van der Waals surface area contributed by atoms with Gasteiger partial charge in [0, 0.05) is 12.8 Å². The first-order valence-corrected chi connectivity index (χ1v) is 7.17. The molecule has 0 bridgehead atoms. The van der Waals surface area contributed by atoms with Crippen LogP contribution in [-0.4, -0.2) is 24.5 Å². The van der Waals surface area contributed by atoms with Crippen LogP contribution in [0, 0.1) is 0 Å². The molecule has 0 saturated carbocycles. The summed E-state index contributed by atoms with van der Waals surface area (Å²) in [7, 11) is 0. The van der Waals surface area contributed by atoms with Crippen LogP contribution in [0.3, 0.4) is 0 Å². The molecule has 1 fully saturated rings. The van der Waals surface area contributed by atoms with E-state index in [0.29, 0.717) is 12.3 Å². The summed E-state index contributed by atoms with van der Waals surface area (Å²) in [5.74, 6) is 1.46. The van der Waals surface area contributed by atoms with Gasteiger partial charge < -0.3 is 10.1 Å². The molecule has 0 aromatic heterocycles. The average Bonchev–Trinajstić information content (AvgIpc) is 2.39. The summed E-state index contributed by atoms with van der Waals surface area (Å²) in [4.78, 5) is 12.4. The molecular weight excluding hydrogens is 238 g/mol. The van der Waals surface area contributed by atoms with E-state index >= 15 is 0 Å². The van der Waals surface area contributed by atoms with Crippen molar-refractivity contribution in [2.24, 2.45) is 0 Å². The molecular formula is C16H21NO2. The van der Waals surface area contributed by atoms with E-state index in [1.165, 1.54) is 5.56 Å². The van der Waals surface area contributed by atoms with E-state index in [1.54, 1.807) is 0 Å². The zero-order valence-electron chi connectivity index (χ0n) is 11.7. The summed E-state index contributed by atoms with van der Waals surface area (Å²) in [6.07, 6.45) is 2.37. The minimum atomic E-state index is -0.255. The molecule has 2 aliphatic rings. The highest BCUT2D eigenvalue weighted by molar-refractivity contribution is 6.00. The van der Waals surface area contributed by atoms with Gasteiger partial charge in [0.15, 0.2) is 5.78 Å². The van der Waals surface area contributed by atoms with Crippen molar-refractivity contribution in [2.75, 3.05) is 13.1 Å². The summed E-state index contributed by atoms with van der Waals surface area (Å²) in [6.45, 7) is 6.16. The number of carbonyl (C=O) groups is 1. The summed E-state index contributed by atoms with van der Waals surface area (Å²) >= 11 is 0. The SMILES string of the molecule is CC(C)c1ccc2c(c1)C(=O)CC1(CCNCC1)O2. The molecule has 2 aliphatic heterocycles. The fraction of sp³-hybridized carbons (Fsp3) is 0.562.